The number of benzene rings is 1. The van der Waals surface area contributed by atoms with Gasteiger partial charge in [0.2, 0.25) is 5.91 Å². The zero-order valence-corrected chi connectivity index (χ0v) is 13.2. The van der Waals surface area contributed by atoms with Crippen molar-refractivity contribution in [3.8, 4) is 0 Å². The second-order valence-corrected chi connectivity index (χ2v) is 4.47. The third-order valence-corrected chi connectivity index (χ3v) is 2.65. The summed E-state index contributed by atoms with van der Waals surface area (Å²) >= 11 is 0. The lowest BCUT2D eigenvalue weighted by Crippen LogP contribution is -2.41. The van der Waals surface area contributed by atoms with Gasteiger partial charge in [-0.25, -0.2) is 9.59 Å². The van der Waals surface area contributed by atoms with Gasteiger partial charge < -0.3 is 15.4 Å². The molecular weight excluding hydrogens is 298 g/mol. The lowest BCUT2D eigenvalue weighted by atomic mass is 10.2. The maximum Gasteiger partial charge on any atom is 0.330 e. The van der Waals surface area contributed by atoms with E-state index in [9.17, 15) is 14.4 Å². The van der Waals surface area contributed by atoms with Crippen LogP contribution in [0.3, 0.4) is 0 Å². The van der Waals surface area contributed by atoms with Crippen LogP contribution in [0.15, 0.2) is 30.3 Å². The molecule has 0 radical (unpaired) electrons. The molecule has 0 unspecified atom stereocenters. The quantitative estimate of drug-likeness (QED) is 0.523. The molecule has 0 fully saturated rings. The van der Waals surface area contributed by atoms with Gasteiger partial charge in [0.1, 0.15) is 0 Å². The molecule has 0 saturated carbocycles. The van der Waals surface area contributed by atoms with Gasteiger partial charge in [-0.05, 0) is 37.6 Å². The maximum atomic E-state index is 11.5. The summed E-state index contributed by atoms with van der Waals surface area (Å²) in [5.41, 5.74) is 1.56. The number of ether oxygens (including phenoxy) is 1. The van der Waals surface area contributed by atoms with Gasteiger partial charge in [0.05, 0.1) is 13.2 Å². The van der Waals surface area contributed by atoms with Crippen LogP contribution >= 0.6 is 0 Å². The van der Waals surface area contributed by atoms with Crippen LogP contribution in [0.4, 0.5) is 10.5 Å². The molecule has 124 valence electrons. The Labute approximate surface area is 135 Å². The van der Waals surface area contributed by atoms with Gasteiger partial charge in [-0.3, -0.25) is 10.1 Å². The number of carbonyl (C=O) groups excluding carboxylic acids is 3. The highest BCUT2D eigenvalue weighted by Crippen LogP contribution is 2.10. The molecule has 0 saturated heterocycles. The Hall–Kier alpha value is -2.83. The van der Waals surface area contributed by atoms with E-state index in [0.717, 1.165) is 11.3 Å². The van der Waals surface area contributed by atoms with Crippen molar-refractivity contribution >= 4 is 29.7 Å². The van der Waals surface area contributed by atoms with Crippen LogP contribution in [0.1, 0.15) is 19.4 Å². The third kappa shape index (κ3) is 7.66. The fourth-order valence-corrected chi connectivity index (χ4v) is 1.62. The third-order valence-electron chi connectivity index (χ3n) is 2.65. The summed E-state index contributed by atoms with van der Waals surface area (Å²) in [5.74, 6) is -0.820. The first kappa shape index (κ1) is 18.2. The second-order valence-electron chi connectivity index (χ2n) is 4.47. The number of esters is 1. The van der Waals surface area contributed by atoms with E-state index in [2.05, 4.69) is 16.0 Å². The highest BCUT2D eigenvalue weighted by atomic mass is 16.5. The average molecular weight is 319 g/mol. The summed E-state index contributed by atoms with van der Waals surface area (Å²) in [4.78, 5) is 33.9. The summed E-state index contributed by atoms with van der Waals surface area (Å²) < 4.78 is 4.79. The first-order chi connectivity index (χ1) is 11.0. The lowest BCUT2D eigenvalue weighted by Gasteiger charge is -2.07. The topological polar surface area (TPSA) is 96.5 Å². The van der Waals surface area contributed by atoms with Crippen LogP contribution < -0.4 is 16.0 Å². The van der Waals surface area contributed by atoms with E-state index in [4.69, 9.17) is 4.74 Å². The van der Waals surface area contributed by atoms with Crippen molar-refractivity contribution in [3.63, 3.8) is 0 Å². The fraction of sp³-hybridized carbons (Fsp3) is 0.312. The van der Waals surface area contributed by atoms with Crippen LogP contribution in [0.5, 0.6) is 0 Å². The Morgan fingerprint density at radius 2 is 1.83 bits per heavy atom. The summed E-state index contributed by atoms with van der Waals surface area (Å²) in [7, 11) is 0. The number of imide groups is 1. The molecule has 3 N–H and O–H groups in total. The Morgan fingerprint density at radius 3 is 2.43 bits per heavy atom. The number of nitrogens with one attached hydrogen (secondary N) is 3. The van der Waals surface area contributed by atoms with E-state index in [1.54, 1.807) is 44.2 Å². The Balaban J connectivity index is 2.43. The van der Waals surface area contributed by atoms with Crippen molar-refractivity contribution in [2.45, 2.75) is 13.8 Å². The van der Waals surface area contributed by atoms with Gasteiger partial charge in [-0.1, -0.05) is 12.1 Å². The molecule has 0 heterocycles. The van der Waals surface area contributed by atoms with E-state index in [-0.39, 0.29) is 6.54 Å². The van der Waals surface area contributed by atoms with Crippen LogP contribution in [-0.2, 0) is 14.3 Å². The molecule has 0 aliphatic heterocycles. The molecule has 0 atom stereocenters. The van der Waals surface area contributed by atoms with E-state index in [0.29, 0.717) is 13.2 Å². The maximum absolute atomic E-state index is 11.5. The number of hydrogen-bond donors (Lipinski definition) is 3. The molecule has 1 rings (SSSR count). The van der Waals surface area contributed by atoms with Gasteiger partial charge in [0.15, 0.2) is 0 Å². The first-order valence-corrected chi connectivity index (χ1v) is 7.31. The van der Waals surface area contributed by atoms with Crippen molar-refractivity contribution in [1.29, 1.82) is 0 Å². The Bertz CT molecular complexity index is 567. The van der Waals surface area contributed by atoms with E-state index in [1.807, 2.05) is 0 Å². The van der Waals surface area contributed by atoms with Crippen LogP contribution in [0.2, 0.25) is 0 Å². The summed E-state index contributed by atoms with van der Waals surface area (Å²) in [6, 6.07) is 6.60. The molecule has 0 aliphatic carbocycles. The van der Waals surface area contributed by atoms with E-state index in [1.165, 1.54) is 6.08 Å². The highest BCUT2D eigenvalue weighted by molar-refractivity contribution is 5.96. The number of hydrogen-bond acceptors (Lipinski definition) is 5. The highest BCUT2D eigenvalue weighted by Gasteiger charge is 2.05. The van der Waals surface area contributed by atoms with Crippen LogP contribution in [0, 0.1) is 0 Å². The molecule has 3 amide bonds. The molecule has 7 heteroatoms. The Kier molecular flexibility index (Phi) is 7.91. The van der Waals surface area contributed by atoms with E-state index < -0.39 is 17.9 Å². The SMILES string of the molecule is CCNC(=O)NC(=O)CNc1ccc(C=CC(=O)OCC)cc1. The predicted molar refractivity (Wildman–Crippen MR) is 87.8 cm³/mol. The minimum Gasteiger partial charge on any atom is -0.463 e. The molecular formula is C16H21N3O4. The largest absolute Gasteiger partial charge is 0.463 e. The van der Waals surface area contributed by atoms with Crippen molar-refractivity contribution < 1.29 is 19.1 Å². The molecule has 0 bridgehead atoms. The van der Waals surface area contributed by atoms with Crippen LogP contribution in [0.25, 0.3) is 6.08 Å². The smallest absolute Gasteiger partial charge is 0.330 e. The number of urea groups is 1. The van der Waals surface area contributed by atoms with Gasteiger partial charge in [0.25, 0.3) is 0 Å². The monoisotopic (exact) mass is 319 g/mol. The molecule has 1 aromatic carbocycles. The molecule has 1 aromatic rings. The van der Waals surface area contributed by atoms with Crippen molar-refractivity contribution in [2.24, 2.45) is 0 Å². The molecule has 7 nitrogen and oxygen atoms in total. The van der Waals surface area contributed by atoms with Gasteiger partial charge in [-0.15, -0.1) is 0 Å². The first-order valence-electron chi connectivity index (χ1n) is 7.31. The number of amides is 3. The van der Waals surface area contributed by atoms with Crippen molar-refractivity contribution in [2.75, 3.05) is 25.0 Å². The Morgan fingerprint density at radius 1 is 1.13 bits per heavy atom. The van der Waals surface area contributed by atoms with Gasteiger partial charge >= 0.3 is 12.0 Å². The van der Waals surface area contributed by atoms with Crippen molar-refractivity contribution in [1.82, 2.24) is 10.6 Å². The number of anilines is 1. The second kappa shape index (κ2) is 9.99. The van der Waals surface area contributed by atoms with Crippen LogP contribution in [-0.4, -0.2) is 37.6 Å². The minimum atomic E-state index is -0.515. The molecule has 23 heavy (non-hydrogen) atoms. The fourth-order valence-electron chi connectivity index (χ4n) is 1.62. The van der Waals surface area contributed by atoms with Crippen molar-refractivity contribution in [3.05, 3.63) is 35.9 Å². The molecule has 0 spiro atoms. The molecule has 0 aliphatic rings. The normalized spacial score (nSPS) is 10.2. The zero-order chi connectivity index (χ0) is 17.1. The average Bonchev–Trinajstić information content (AvgIpc) is 2.52. The standard InChI is InChI=1S/C16H21N3O4/c1-3-17-16(22)19-14(20)11-18-13-8-5-12(6-9-13)7-10-15(21)23-4-2/h5-10,18H,3-4,11H2,1-2H3,(H2,17,19,20,22). The van der Waals surface area contributed by atoms with Gasteiger partial charge in [-0.2, -0.15) is 0 Å². The number of rotatable bonds is 7. The van der Waals surface area contributed by atoms with Gasteiger partial charge in [0, 0.05) is 18.3 Å². The summed E-state index contributed by atoms with van der Waals surface area (Å²) in [6.45, 7) is 4.28. The molecule has 0 aromatic heterocycles. The number of carbonyl (C=O) groups is 3. The zero-order valence-electron chi connectivity index (χ0n) is 13.2. The minimum absolute atomic E-state index is 0.0187. The van der Waals surface area contributed by atoms with E-state index >= 15 is 0 Å². The summed E-state index contributed by atoms with van der Waals surface area (Å²) in [5, 5.41) is 7.56. The lowest BCUT2D eigenvalue weighted by molar-refractivity contribution is -0.137. The summed E-state index contributed by atoms with van der Waals surface area (Å²) in [6.07, 6.45) is 3.00. The predicted octanol–water partition coefficient (Wildman–Crippen LogP) is 1.52.